The van der Waals surface area contributed by atoms with Gasteiger partial charge in [0.2, 0.25) is 5.91 Å². The van der Waals surface area contributed by atoms with Gasteiger partial charge in [0.15, 0.2) is 11.0 Å². The van der Waals surface area contributed by atoms with E-state index in [1.165, 1.54) is 18.9 Å². The first kappa shape index (κ1) is 24.3. The van der Waals surface area contributed by atoms with Crippen molar-refractivity contribution in [3.63, 3.8) is 0 Å². The molecule has 1 aliphatic heterocycles. The van der Waals surface area contributed by atoms with Gasteiger partial charge in [0.05, 0.1) is 29.5 Å². The second-order valence-electron chi connectivity index (χ2n) is 8.38. The molecule has 1 aliphatic rings. The van der Waals surface area contributed by atoms with Crippen LogP contribution in [0.4, 0.5) is 0 Å². The van der Waals surface area contributed by atoms with Gasteiger partial charge in [0.1, 0.15) is 0 Å². The Morgan fingerprint density at radius 1 is 1.12 bits per heavy atom. The number of hydrogen-bond donors (Lipinski definition) is 0. The fourth-order valence-electron chi connectivity index (χ4n) is 4.11. The molecule has 0 unspecified atom stereocenters. The summed E-state index contributed by atoms with van der Waals surface area (Å²) < 4.78 is 6.81. The molecule has 0 atom stereocenters. The van der Waals surface area contributed by atoms with E-state index in [2.05, 4.69) is 28.4 Å². The van der Waals surface area contributed by atoms with Gasteiger partial charge in [-0.25, -0.2) is 0 Å². The Hall–Kier alpha value is -2.84. The third-order valence-corrected chi connectivity index (χ3v) is 7.30. The molecule has 1 amide bonds. The number of aromatic nitrogens is 3. The van der Waals surface area contributed by atoms with E-state index in [0.717, 1.165) is 22.4 Å². The van der Waals surface area contributed by atoms with E-state index in [4.69, 9.17) is 16.3 Å². The van der Waals surface area contributed by atoms with Crippen molar-refractivity contribution in [3.8, 4) is 17.1 Å². The molecule has 7 nitrogen and oxygen atoms in total. The van der Waals surface area contributed by atoms with Crippen molar-refractivity contribution in [1.29, 1.82) is 0 Å². The number of nitrogens with zero attached hydrogens (tertiary/aromatic N) is 4. The van der Waals surface area contributed by atoms with Crippen molar-refractivity contribution < 1.29 is 14.3 Å². The fraction of sp³-hybridized carbons (Fsp3) is 0.360. The maximum atomic E-state index is 12.9. The van der Waals surface area contributed by atoms with Crippen LogP contribution in [0.2, 0.25) is 5.02 Å². The van der Waals surface area contributed by atoms with Crippen molar-refractivity contribution in [2.24, 2.45) is 5.92 Å². The summed E-state index contributed by atoms with van der Waals surface area (Å²) in [6, 6.07) is 13.7. The van der Waals surface area contributed by atoms with Crippen LogP contribution in [0.25, 0.3) is 17.1 Å². The number of carbonyl (C=O) groups excluding carboxylic acids is 2. The number of carbonyl (C=O) groups is 2. The van der Waals surface area contributed by atoms with Gasteiger partial charge in [-0.3, -0.25) is 14.2 Å². The van der Waals surface area contributed by atoms with Gasteiger partial charge >= 0.3 is 5.97 Å². The number of benzene rings is 2. The highest BCUT2D eigenvalue weighted by Gasteiger charge is 2.28. The van der Waals surface area contributed by atoms with Gasteiger partial charge in [-0.1, -0.05) is 47.6 Å². The molecule has 0 bridgehead atoms. The first-order valence-electron chi connectivity index (χ1n) is 11.2. The van der Waals surface area contributed by atoms with Crippen LogP contribution in [0.3, 0.4) is 0 Å². The van der Waals surface area contributed by atoms with E-state index in [-0.39, 0.29) is 23.5 Å². The molecular weight excluding hydrogens is 472 g/mol. The van der Waals surface area contributed by atoms with E-state index < -0.39 is 0 Å². The molecule has 4 rings (SSSR count). The van der Waals surface area contributed by atoms with Gasteiger partial charge in [0.25, 0.3) is 0 Å². The summed E-state index contributed by atoms with van der Waals surface area (Å²) in [6.45, 7) is 5.17. The molecular formula is C25H27ClN4O3S. The second kappa shape index (κ2) is 10.6. The number of methoxy groups -OCH3 is 1. The maximum absolute atomic E-state index is 12.9. The third kappa shape index (κ3) is 5.13. The van der Waals surface area contributed by atoms with Crippen molar-refractivity contribution in [1.82, 2.24) is 19.7 Å². The predicted octanol–water partition coefficient (Wildman–Crippen LogP) is 4.71. The van der Waals surface area contributed by atoms with Gasteiger partial charge < -0.3 is 9.64 Å². The maximum Gasteiger partial charge on any atom is 0.308 e. The minimum Gasteiger partial charge on any atom is -0.469 e. The minimum atomic E-state index is -0.199. The average molecular weight is 499 g/mol. The molecule has 0 aliphatic carbocycles. The van der Waals surface area contributed by atoms with Crippen LogP contribution >= 0.6 is 23.4 Å². The molecule has 178 valence electrons. The Balaban J connectivity index is 1.58. The highest BCUT2D eigenvalue weighted by atomic mass is 35.5. The zero-order chi connectivity index (χ0) is 24.2. The molecule has 0 radical (unpaired) electrons. The van der Waals surface area contributed by atoms with E-state index >= 15 is 0 Å². The molecule has 34 heavy (non-hydrogen) atoms. The van der Waals surface area contributed by atoms with Crippen LogP contribution in [0, 0.1) is 19.8 Å². The summed E-state index contributed by atoms with van der Waals surface area (Å²) in [7, 11) is 1.40. The van der Waals surface area contributed by atoms with Crippen LogP contribution in [0.5, 0.6) is 0 Å². The quantitative estimate of drug-likeness (QED) is 0.362. The zero-order valence-corrected chi connectivity index (χ0v) is 21.0. The van der Waals surface area contributed by atoms with Crippen LogP contribution in [-0.2, 0) is 14.3 Å². The summed E-state index contributed by atoms with van der Waals surface area (Å²) in [5, 5.41) is 10.1. The number of aryl methyl sites for hydroxylation is 2. The number of esters is 1. The number of piperidine rings is 1. The number of halogens is 1. The van der Waals surface area contributed by atoms with Gasteiger partial charge in [-0.05, 0) is 56.0 Å². The Labute approximate surface area is 208 Å². The predicted molar refractivity (Wildman–Crippen MR) is 133 cm³/mol. The summed E-state index contributed by atoms with van der Waals surface area (Å²) in [5.41, 5.74) is 3.91. The molecule has 2 aromatic carbocycles. The van der Waals surface area contributed by atoms with E-state index in [0.29, 0.717) is 41.9 Å². The molecule has 1 fully saturated rings. The second-order valence-corrected chi connectivity index (χ2v) is 9.73. The van der Waals surface area contributed by atoms with Gasteiger partial charge in [-0.15, -0.1) is 10.2 Å². The van der Waals surface area contributed by atoms with Crippen LogP contribution in [0.15, 0.2) is 47.6 Å². The Kier molecular flexibility index (Phi) is 7.58. The lowest BCUT2D eigenvalue weighted by Crippen LogP contribution is -2.41. The Morgan fingerprint density at radius 2 is 1.85 bits per heavy atom. The lowest BCUT2D eigenvalue weighted by molar-refractivity contribution is -0.148. The lowest BCUT2D eigenvalue weighted by Gasteiger charge is -2.30. The minimum absolute atomic E-state index is 0.0168. The molecule has 9 heteroatoms. The monoisotopic (exact) mass is 498 g/mol. The highest BCUT2D eigenvalue weighted by molar-refractivity contribution is 7.99. The summed E-state index contributed by atoms with van der Waals surface area (Å²) >= 11 is 7.85. The van der Waals surface area contributed by atoms with Crippen molar-refractivity contribution in [2.45, 2.75) is 31.8 Å². The lowest BCUT2D eigenvalue weighted by atomic mass is 9.97. The molecule has 1 saturated heterocycles. The molecule has 0 N–H and O–H groups in total. The summed E-state index contributed by atoms with van der Waals surface area (Å²) in [4.78, 5) is 26.5. The largest absolute Gasteiger partial charge is 0.469 e. The van der Waals surface area contributed by atoms with Crippen molar-refractivity contribution in [2.75, 3.05) is 26.0 Å². The third-order valence-electron chi connectivity index (χ3n) is 6.06. The normalized spacial score (nSPS) is 14.3. The van der Waals surface area contributed by atoms with Gasteiger partial charge in [0, 0.05) is 18.7 Å². The molecule has 0 saturated carbocycles. The van der Waals surface area contributed by atoms with Crippen LogP contribution in [-0.4, -0.2) is 57.5 Å². The van der Waals surface area contributed by atoms with Gasteiger partial charge in [-0.2, -0.15) is 0 Å². The first-order valence-corrected chi connectivity index (χ1v) is 12.5. The molecule has 0 spiro atoms. The summed E-state index contributed by atoms with van der Waals surface area (Å²) in [6.07, 6.45) is 1.25. The van der Waals surface area contributed by atoms with Crippen molar-refractivity contribution >= 4 is 35.2 Å². The zero-order valence-electron chi connectivity index (χ0n) is 19.5. The highest BCUT2D eigenvalue weighted by Crippen LogP contribution is 2.33. The van der Waals surface area contributed by atoms with Crippen LogP contribution < -0.4 is 0 Å². The number of rotatable bonds is 6. The van der Waals surface area contributed by atoms with E-state index in [1.807, 2.05) is 42.7 Å². The Bertz CT molecular complexity index is 1200. The smallest absolute Gasteiger partial charge is 0.308 e. The number of thioether (sulfide) groups is 1. The number of ether oxygens (including phenoxy) is 1. The van der Waals surface area contributed by atoms with E-state index in [9.17, 15) is 9.59 Å². The number of hydrogen-bond acceptors (Lipinski definition) is 6. The topological polar surface area (TPSA) is 77.3 Å². The fourth-order valence-corrected chi connectivity index (χ4v) is 5.17. The molecule has 3 aromatic rings. The standard InChI is InChI=1S/C25H27ClN4O3S/c1-16-8-9-17(2)21(14-16)30-23(19-6-4-5-7-20(19)26)27-28-25(30)34-15-22(31)29-12-10-18(11-13-29)24(32)33-3/h4-9,14,18H,10-13,15H2,1-3H3. The number of likely N-dealkylation sites (tertiary alicyclic amines) is 1. The first-order chi connectivity index (χ1) is 16.4. The average Bonchev–Trinajstić information content (AvgIpc) is 3.27. The molecule has 2 heterocycles. The SMILES string of the molecule is COC(=O)C1CCN(C(=O)CSc2nnc(-c3ccccc3Cl)n2-c2cc(C)ccc2C)CC1. The van der Waals surface area contributed by atoms with Crippen molar-refractivity contribution in [3.05, 3.63) is 58.6 Å². The summed E-state index contributed by atoms with van der Waals surface area (Å²) in [5.74, 6) is 0.549. The van der Waals surface area contributed by atoms with E-state index in [1.54, 1.807) is 4.90 Å². The van der Waals surface area contributed by atoms with Crippen LogP contribution in [0.1, 0.15) is 24.0 Å². The number of amides is 1. The Morgan fingerprint density at radius 3 is 2.56 bits per heavy atom. The molecule has 1 aromatic heterocycles.